The van der Waals surface area contributed by atoms with E-state index in [-0.39, 0.29) is 17.6 Å². The largest absolute Gasteiger partial charge is 0.376 e. The molecule has 17 heavy (non-hydrogen) atoms. The highest BCUT2D eigenvalue weighted by atomic mass is 79.9. The van der Waals surface area contributed by atoms with Crippen LogP contribution >= 0.6 is 27.3 Å². The fourth-order valence-electron chi connectivity index (χ4n) is 2.00. The zero-order valence-corrected chi connectivity index (χ0v) is 13.4. The van der Waals surface area contributed by atoms with Gasteiger partial charge in [0.2, 0.25) is 0 Å². The third kappa shape index (κ3) is 4.70. The van der Waals surface area contributed by atoms with E-state index in [1.165, 1.54) is 4.88 Å². The maximum absolute atomic E-state index is 6.30. The van der Waals surface area contributed by atoms with Crippen LogP contribution in [0.5, 0.6) is 0 Å². The average Bonchev–Trinajstić information content (AvgIpc) is 2.58. The van der Waals surface area contributed by atoms with Crippen molar-refractivity contribution in [3.63, 3.8) is 0 Å². The van der Waals surface area contributed by atoms with E-state index in [1.54, 1.807) is 11.3 Å². The first kappa shape index (κ1) is 15.2. The Balaban J connectivity index is 2.68. The monoisotopic (exact) mass is 319 g/mol. The third-order valence-corrected chi connectivity index (χ3v) is 4.30. The van der Waals surface area contributed by atoms with Crippen LogP contribution in [-0.2, 0) is 11.2 Å². The van der Waals surface area contributed by atoms with Gasteiger partial charge >= 0.3 is 0 Å². The molecule has 0 spiro atoms. The van der Waals surface area contributed by atoms with Gasteiger partial charge in [-0.05, 0) is 46.8 Å². The number of nitrogens with two attached hydrogens (primary N) is 1. The number of thiophene rings is 1. The van der Waals surface area contributed by atoms with Crippen molar-refractivity contribution in [1.82, 2.24) is 0 Å². The SMILES string of the molecule is CCOC(C(N)Cc1ccc(Br)s1)C(C)(C)C. The van der Waals surface area contributed by atoms with Crippen LogP contribution in [0.1, 0.15) is 32.6 Å². The Morgan fingerprint density at radius 3 is 2.47 bits per heavy atom. The van der Waals surface area contributed by atoms with Gasteiger partial charge < -0.3 is 10.5 Å². The quantitative estimate of drug-likeness (QED) is 0.895. The van der Waals surface area contributed by atoms with Crippen LogP contribution in [0.25, 0.3) is 0 Å². The summed E-state index contributed by atoms with van der Waals surface area (Å²) in [4.78, 5) is 1.30. The Hall–Kier alpha value is 0.1000. The molecule has 0 aliphatic heterocycles. The Morgan fingerprint density at radius 2 is 2.06 bits per heavy atom. The summed E-state index contributed by atoms with van der Waals surface area (Å²) in [5.74, 6) is 0. The van der Waals surface area contributed by atoms with Gasteiger partial charge in [0.15, 0.2) is 0 Å². The average molecular weight is 320 g/mol. The first-order chi connectivity index (χ1) is 7.84. The molecule has 0 bridgehead atoms. The normalized spacial score (nSPS) is 15.9. The summed E-state index contributed by atoms with van der Waals surface area (Å²) in [6.07, 6.45) is 0.964. The van der Waals surface area contributed by atoms with Gasteiger partial charge in [0, 0.05) is 17.5 Å². The minimum Gasteiger partial charge on any atom is -0.376 e. The van der Waals surface area contributed by atoms with Gasteiger partial charge in [-0.1, -0.05) is 20.8 Å². The molecule has 0 aliphatic rings. The zero-order valence-electron chi connectivity index (χ0n) is 11.0. The molecular weight excluding hydrogens is 298 g/mol. The lowest BCUT2D eigenvalue weighted by Crippen LogP contribution is -2.46. The Bertz CT molecular complexity index is 345. The molecular formula is C13H22BrNOS. The van der Waals surface area contributed by atoms with Crippen LogP contribution in [0.3, 0.4) is 0 Å². The summed E-state index contributed by atoms with van der Waals surface area (Å²) in [6, 6.07) is 4.24. The molecule has 4 heteroatoms. The van der Waals surface area contributed by atoms with E-state index >= 15 is 0 Å². The highest BCUT2D eigenvalue weighted by molar-refractivity contribution is 9.11. The molecule has 0 amide bonds. The van der Waals surface area contributed by atoms with Crippen molar-refractivity contribution in [2.24, 2.45) is 11.1 Å². The second-order valence-electron chi connectivity index (χ2n) is 5.32. The first-order valence-corrected chi connectivity index (χ1v) is 7.57. The minimum atomic E-state index is 0.0421. The fraction of sp³-hybridized carbons (Fsp3) is 0.692. The topological polar surface area (TPSA) is 35.2 Å². The van der Waals surface area contributed by atoms with E-state index in [0.717, 1.165) is 10.2 Å². The van der Waals surface area contributed by atoms with Gasteiger partial charge in [0.05, 0.1) is 9.89 Å². The lowest BCUT2D eigenvalue weighted by molar-refractivity contribution is -0.0272. The fourth-order valence-corrected chi connectivity index (χ4v) is 3.55. The van der Waals surface area contributed by atoms with Crippen molar-refractivity contribution >= 4 is 27.3 Å². The van der Waals surface area contributed by atoms with Gasteiger partial charge in [-0.3, -0.25) is 0 Å². The first-order valence-electron chi connectivity index (χ1n) is 5.96. The zero-order chi connectivity index (χ0) is 13.1. The Morgan fingerprint density at radius 1 is 1.41 bits per heavy atom. The van der Waals surface area contributed by atoms with E-state index in [1.807, 2.05) is 6.92 Å². The molecule has 0 fully saturated rings. The van der Waals surface area contributed by atoms with Crippen molar-refractivity contribution in [3.05, 3.63) is 20.8 Å². The van der Waals surface area contributed by atoms with Gasteiger partial charge in [0.25, 0.3) is 0 Å². The second kappa shape index (κ2) is 6.32. The summed E-state index contributed by atoms with van der Waals surface area (Å²) < 4.78 is 6.97. The van der Waals surface area contributed by atoms with Gasteiger partial charge in [0.1, 0.15) is 0 Å². The maximum atomic E-state index is 6.30. The van der Waals surface area contributed by atoms with Crippen molar-refractivity contribution < 1.29 is 4.74 Å². The Kier molecular flexibility index (Phi) is 5.64. The van der Waals surface area contributed by atoms with Crippen LogP contribution in [0.15, 0.2) is 15.9 Å². The maximum Gasteiger partial charge on any atom is 0.0777 e. The van der Waals surface area contributed by atoms with Crippen LogP contribution in [0.2, 0.25) is 0 Å². The van der Waals surface area contributed by atoms with Crippen LogP contribution in [0, 0.1) is 5.41 Å². The number of ether oxygens (including phenoxy) is 1. The molecule has 0 aliphatic carbocycles. The molecule has 0 radical (unpaired) electrons. The molecule has 0 saturated heterocycles. The number of hydrogen-bond acceptors (Lipinski definition) is 3. The van der Waals surface area contributed by atoms with E-state index in [2.05, 4.69) is 48.8 Å². The summed E-state index contributed by atoms with van der Waals surface area (Å²) in [5, 5.41) is 0. The summed E-state index contributed by atoms with van der Waals surface area (Å²) in [5.41, 5.74) is 6.37. The van der Waals surface area contributed by atoms with Crippen LogP contribution in [-0.4, -0.2) is 18.8 Å². The lowest BCUT2D eigenvalue weighted by Gasteiger charge is -2.34. The molecule has 2 atom stereocenters. The van der Waals surface area contributed by atoms with Gasteiger partial charge in [-0.15, -0.1) is 11.3 Å². The van der Waals surface area contributed by atoms with Crippen LogP contribution in [0.4, 0.5) is 0 Å². The molecule has 2 unspecified atom stereocenters. The molecule has 2 N–H and O–H groups in total. The van der Waals surface area contributed by atoms with E-state index in [9.17, 15) is 0 Å². The molecule has 1 aromatic heterocycles. The lowest BCUT2D eigenvalue weighted by atomic mass is 9.83. The van der Waals surface area contributed by atoms with Crippen molar-refractivity contribution in [3.8, 4) is 0 Å². The van der Waals surface area contributed by atoms with Crippen molar-refractivity contribution in [1.29, 1.82) is 0 Å². The Labute approximate surface area is 117 Å². The standard InChI is InChI=1S/C13H22BrNOS/c1-5-16-12(13(2,3)4)10(15)8-9-6-7-11(14)17-9/h6-7,10,12H,5,8,15H2,1-4H3. The second-order valence-corrected chi connectivity index (χ2v) is 7.86. The predicted molar refractivity (Wildman–Crippen MR) is 78.6 cm³/mol. The van der Waals surface area contributed by atoms with E-state index in [4.69, 9.17) is 10.5 Å². The molecule has 1 heterocycles. The molecule has 0 saturated carbocycles. The number of hydrogen-bond donors (Lipinski definition) is 1. The molecule has 98 valence electrons. The van der Waals surface area contributed by atoms with E-state index in [0.29, 0.717) is 6.61 Å². The van der Waals surface area contributed by atoms with Crippen molar-refractivity contribution in [2.75, 3.05) is 6.61 Å². The number of halogens is 1. The summed E-state index contributed by atoms with van der Waals surface area (Å²) in [7, 11) is 0. The third-order valence-electron chi connectivity index (χ3n) is 2.65. The van der Waals surface area contributed by atoms with Gasteiger partial charge in [-0.25, -0.2) is 0 Å². The minimum absolute atomic E-state index is 0.0421. The molecule has 2 nitrogen and oxygen atoms in total. The molecule has 1 rings (SSSR count). The number of rotatable bonds is 5. The molecule has 0 aromatic carbocycles. The summed E-state index contributed by atoms with van der Waals surface area (Å²) in [6.45, 7) is 9.27. The van der Waals surface area contributed by atoms with Gasteiger partial charge in [-0.2, -0.15) is 0 Å². The highest BCUT2D eigenvalue weighted by Gasteiger charge is 2.30. The highest BCUT2D eigenvalue weighted by Crippen LogP contribution is 2.28. The molecule has 1 aromatic rings. The smallest absolute Gasteiger partial charge is 0.0777 e. The van der Waals surface area contributed by atoms with E-state index < -0.39 is 0 Å². The van der Waals surface area contributed by atoms with Crippen LogP contribution < -0.4 is 5.73 Å². The van der Waals surface area contributed by atoms with Crippen molar-refractivity contribution in [2.45, 2.75) is 46.3 Å². The summed E-state index contributed by atoms with van der Waals surface area (Å²) >= 11 is 5.22. The predicted octanol–water partition coefficient (Wildman–Crippen LogP) is 3.83.